The SMILES string of the molecule is Cc1c(NS(=O)(=O)c2ccccc2)ccc2nc(Cc3ccccc3)oc(=O)c12. The number of anilines is 1. The molecule has 0 saturated carbocycles. The van der Waals surface area contributed by atoms with Crippen LogP contribution in [0.5, 0.6) is 0 Å². The zero-order valence-electron chi connectivity index (χ0n) is 15.6. The third-order valence-corrected chi connectivity index (χ3v) is 5.98. The Morgan fingerprint density at radius 3 is 2.28 bits per heavy atom. The van der Waals surface area contributed by atoms with E-state index in [1.54, 1.807) is 37.3 Å². The van der Waals surface area contributed by atoms with Gasteiger partial charge in [-0.1, -0.05) is 48.5 Å². The van der Waals surface area contributed by atoms with Gasteiger partial charge in [-0.15, -0.1) is 0 Å². The first-order valence-electron chi connectivity index (χ1n) is 8.99. The molecule has 0 aliphatic carbocycles. The summed E-state index contributed by atoms with van der Waals surface area (Å²) in [5.41, 5.74) is 1.68. The lowest BCUT2D eigenvalue weighted by molar-refractivity contribution is 0.454. The zero-order valence-corrected chi connectivity index (χ0v) is 16.4. The topological polar surface area (TPSA) is 89.3 Å². The van der Waals surface area contributed by atoms with Crippen molar-refractivity contribution in [3.63, 3.8) is 0 Å². The lowest BCUT2D eigenvalue weighted by Gasteiger charge is -2.12. The normalized spacial score (nSPS) is 11.5. The second kappa shape index (κ2) is 7.52. The summed E-state index contributed by atoms with van der Waals surface area (Å²) < 4.78 is 33.1. The van der Waals surface area contributed by atoms with Gasteiger partial charge in [-0.3, -0.25) is 4.72 Å². The molecule has 4 aromatic rings. The number of fused-ring (bicyclic) bond motifs is 1. The van der Waals surface area contributed by atoms with Crippen LogP contribution in [-0.4, -0.2) is 13.4 Å². The minimum atomic E-state index is -3.77. The molecule has 1 N–H and O–H groups in total. The van der Waals surface area contributed by atoms with Crippen LogP contribution in [0.4, 0.5) is 5.69 Å². The smallest absolute Gasteiger partial charge is 0.347 e. The summed E-state index contributed by atoms with van der Waals surface area (Å²) >= 11 is 0. The Morgan fingerprint density at radius 2 is 1.59 bits per heavy atom. The highest BCUT2D eigenvalue weighted by Gasteiger charge is 2.18. The van der Waals surface area contributed by atoms with Crippen molar-refractivity contribution < 1.29 is 12.8 Å². The molecule has 0 unspecified atom stereocenters. The highest BCUT2D eigenvalue weighted by atomic mass is 32.2. The van der Waals surface area contributed by atoms with Gasteiger partial charge >= 0.3 is 5.63 Å². The number of aryl methyl sites for hydroxylation is 1. The van der Waals surface area contributed by atoms with E-state index >= 15 is 0 Å². The molecular weight excluding hydrogens is 388 g/mol. The number of rotatable bonds is 5. The minimum absolute atomic E-state index is 0.142. The van der Waals surface area contributed by atoms with Crippen LogP contribution in [0, 0.1) is 6.92 Å². The molecule has 0 saturated heterocycles. The summed E-state index contributed by atoms with van der Waals surface area (Å²) in [7, 11) is -3.77. The maximum atomic E-state index is 12.6. The summed E-state index contributed by atoms with van der Waals surface area (Å²) in [6.45, 7) is 1.67. The van der Waals surface area contributed by atoms with E-state index in [1.807, 2.05) is 30.3 Å². The largest absolute Gasteiger partial charge is 0.408 e. The molecule has 0 aliphatic rings. The number of nitrogens with one attached hydrogen (secondary N) is 1. The Morgan fingerprint density at radius 1 is 0.931 bits per heavy atom. The highest BCUT2D eigenvalue weighted by molar-refractivity contribution is 7.92. The van der Waals surface area contributed by atoms with E-state index in [0.717, 1.165) is 5.56 Å². The van der Waals surface area contributed by atoms with Gasteiger partial charge in [0.25, 0.3) is 10.0 Å². The molecule has 1 heterocycles. The number of hydrogen-bond acceptors (Lipinski definition) is 5. The van der Waals surface area contributed by atoms with Crippen LogP contribution < -0.4 is 10.3 Å². The number of benzene rings is 3. The van der Waals surface area contributed by atoms with Crippen molar-refractivity contribution in [2.24, 2.45) is 0 Å². The average Bonchev–Trinajstić information content (AvgIpc) is 2.71. The standard InChI is InChI=1S/C22H18N2O4S/c1-15-18(24-29(26,27)17-10-6-3-7-11-17)12-13-19-21(15)22(25)28-20(23-19)14-16-8-4-2-5-9-16/h2-13,24H,14H2,1H3. The van der Waals surface area contributed by atoms with Gasteiger partial charge in [0.15, 0.2) is 0 Å². The van der Waals surface area contributed by atoms with Gasteiger partial charge in [0.05, 0.1) is 21.5 Å². The third-order valence-electron chi connectivity index (χ3n) is 4.60. The summed E-state index contributed by atoms with van der Waals surface area (Å²) in [6.07, 6.45) is 0.396. The van der Waals surface area contributed by atoms with Crippen molar-refractivity contribution in [1.29, 1.82) is 0 Å². The Bertz CT molecular complexity index is 1330. The fraction of sp³-hybridized carbons (Fsp3) is 0.0909. The number of aromatic nitrogens is 1. The number of nitrogens with zero attached hydrogens (tertiary/aromatic N) is 1. The molecule has 0 atom stereocenters. The lowest BCUT2D eigenvalue weighted by atomic mass is 10.1. The molecule has 29 heavy (non-hydrogen) atoms. The van der Waals surface area contributed by atoms with Gasteiger partial charge in [-0.25, -0.2) is 18.2 Å². The average molecular weight is 406 g/mol. The van der Waals surface area contributed by atoms with Crippen molar-refractivity contribution in [3.8, 4) is 0 Å². The Labute approximate surface area is 167 Å². The molecule has 7 heteroatoms. The molecule has 0 bridgehead atoms. The molecule has 0 spiro atoms. The summed E-state index contributed by atoms with van der Waals surface area (Å²) in [6, 6.07) is 20.9. The van der Waals surface area contributed by atoms with Crippen molar-refractivity contribution in [2.75, 3.05) is 4.72 Å². The minimum Gasteiger partial charge on any atom is -0.408 e. The monoisotopic (exact) mass is 406 g/mol. The highest BCUT2D eigenvalue weighted by Crippen LogP contribution is 2.25. The molecular formula is C22H18N2O4S. The van der Waals surface area contributed by atoms with Gasteiger partial charge in [0, 0.05) is 6.42 Å². The molecule has 0 amide bonds. The summed E-state index contributed by atoms with van der Waals surface area (Å²) in [4.78, 5) is 17.2. The molecule has 0 aliphatic heterocycles. The van der Waals surface area contributed by atoms with Gasteiger partial charge in [0.1, 0.15) is 0 Å². The molecule has 0 fully saturated rings. The van der Waals surface area contributed by atoms with Crippen LogP contribution in [0.1, 0.15) is 17.0 Å². The molecule has 0 radical (unpaired) electrons. The van der Waals surface area contributed by atoms with Crippen LogP contribution in [0.2, 0.25) is 0 Å². The van der Waals surface area contributed by atoms with Gasteiger partial charge in [0.2, 0.25) is 5.89 Å². The maximum absolute atomic E-state index is 12.6. The zero-order chi connectivity index (χ0) is 20.4. The first-order valence-corrected chi connectivity index (χ1v) is 10.5. The predicted octanol–water partition coefficient (Wildman–Crippen LogP) is 3.89. The number of sulfonamides is 1. The summed E-state index contributed by atoms with van der Waals surface area (Å²) in [5.74, 6) is 0.311. The van der Waals surface area contributed by atoms with Gasteiger partial charge < -0.3 is 4.42 Å². The lowest BCUT2D eigenvalue weighted by Crippen LogP contribution is -2.15. The van der Waals surface area contributed by atoms with E-state index in [4.69, 9.17) is 4.42 Å². The van der Waals surface area contributed by atoms with E-state index in [9.17, 15) is 13.2 Å². The quantitative estimate of drug-likeness (QED) is 0.543. The fourth-order valence-corrected chi connectivity index (χ4v) is 4.27. The molecule has 4 rings (SSSR count). The van der Waals surface area contributed by atoms with Gasteiger partial charge in [-0.05, 0) is 42.3 Å². The first-order chi connectivity index (χ1) is 13.9. The van der Waals surface area contributed by atoms with Crippen LogP contribution in [0.15, 0.2) is 86.9 Å². The Hall–Kier alpha value is -3.45. The summed E-state index contributed by atoms with van der Waals surface area (Å²) in [5, 5.41) is 0.259. The number of hydrogen-bond donors (Lipinski definition) is 1. The van der Waals surface area contributed by atoms with Crippen LogP contribution in [0.3, 0.4) is 0 Å². The van der Waals surface area contributed by atoms with Crippen LogP contribution >= 0.6 is 0 Å². The van der Waals surface area contributed by atoms with Crippen molar-refractivity contribution >= 4 is 26.6 Å². The fourth-order valence-electron chi connectivity index (χ4n) is 3.12. The van der Waals surface area contributed by atoms with E-state index in [2.05, 4.69) is 9.71 Å². The van der Waals surface area contributed by atoms with E-state index in [1.165, 1.54) is 12.1 Å². The van der Waals surface area contributed by atoms with E-state index in [-0.39, 0.29) is 10.3 Å². The third kappa shape index (κ3) is 3.90. The van der Waals surface area contributed by atoms with Crippen LogP contribution in [0.25, 0.3) is 10.9 Å². The van der Waals surface area contributed by atoms with Crippen LogP contribution in [-0.2, 0) is 16.4 Å². The second-order valence-corrected chi connectivity index (χ2v) is 8.29. The second-order valence-electron chi connectivity index (χ2n) is 6.61. The molecule has 146 valence electrons. The predicted molar refractivity (Wildman–Crippen MR) is 112 cm³/mol. The van der Waals surface area contributed by atoms with E-state index in [0.29, 0.717) is 29.1 Å². The van der Waals surface area contributed by atoms with Crippen molar-refractivity contribution in [3.05, 3.63) is 100 Å². The van der Waals surface area contributed by atoms with E-state index < -0.39 is 15.6 Å². The van der Waals surface area contributed by atoms with Crippen molar-refractivity contribution in [1.82, 2.24) is 4.98 Å². The Balaban J connectivity index is 1.72. The first kappa shape index (κ1) is 18.9. The van der Waals surface area contributed by atoms with Gasteiger partial charge in [-0.2, -0.15) is 0 Å². The maximum Gasteiger partial charge on any atom is 0.347 e. The van der Waals surface area contributed by atoms with Crippen molar-refractivity contribution in [2.45, 2.75) is 18.2 Å². The molecule has 3 aromatic carbocycles. The Kier molecular flexibility index (Phi) is 4.90. The molecule has 6 nitrogen and oxygen atoms in total. The molecule has 1 aromatic heterocycles.